The van der Waals surface area contributed by atoms with Crippen LogP contribution in [0.4, 0.5) is 0 Å². The largest absolute Gasteiger partial charge is 0.298 e. The molecule has 114 valence electrons. The zero-order valence-electron chi connectivity index (χ0n) is 12.3. The van der Waals surface area contributed by atoms with Crippen molar-refractivity contribution >= 4 is 46.0 Å². The maximum Gasteiger partial charge on any atom is 0.265 e. The summed E-state index contributed by atoms with van der Waals surface area (Å²) in [6.45, 7) is 3.86. The fraction of sp³-hybridized carbons (Fsp3) is 0.0556. The molecule has 0 aliphatic carbocycles. The molecule has 0 saturated carbocycles. The van der Waals surface area contributed by atoms with Crippen LogP contribution in [-0.4, -0.2) is 28.4 Å². The molecule has 1 aliphatic heterocycles. The van der Waals surface area contributed by atoms with Gasteiger partial charge in [-0.2, -0.15) is 0 Å². The fourth-order valence-electron chi connectivity index (χ4n) is 2.52. The van der Waals surface area contributed by atoms with Gasteiger partial charge in [0.15, 0.2) is 5.11 Å². The van der Waals surface area contributed by atoms with Gasteiger partial charge >= 0.3 is 0 Å². The fourth-order valence-corrected chi connectivity index (χ4v) is 2.77. The molecule has 0 bridgehead atoms. The van der Waals surface area contributed by atoms with Crippen LogP contribution in [-0.2, 0) is 9.59 Å². The van der Waals surface area contributed by atoms with E-state index in [-0.39, 0.29) is 17.2 Å². The molecule has 2 aromatic carbocycles. The Labute approximate surface area is 139 Å². The molecular weight excluding hydrogens is 308 g/mol. The van der Waals surface area contributed by atoms with Gasteiger partial charge in [0, 0.05) is 6.54 Å². The highest BCUT2D eigenvalue weighted by Crippen LogP contribution is 2.22. The zero-order chi connectivity index (χ0) is 16.4. The molecule has 1 aliphatic rings. The summed E-state index contributed by atoms with van der Waals surface area (Å²) >= 11 is 5.04. The lowest BCUT2D eigenvalue weighted by atomic mass is 10.0. The first-order valence-electron chi connectivity index (χ1n) is 7.09. The van der Waals surface area contributed by atoms with Crippen LogP contribution < -0.4 is 5.32 Å². The van der Waals surface area contributed by atoms with Gasteiger partial charge in [-0.25, -0.2) is 0 Å². The van der Waals surface area contributed by atoms with Gasteiger partial charge in [0.1, 0.15) is 5.57 Å². The van der Waals surface area contributed by atoms with E-state index < -0.39 is 11.8 Å². The van der Waals surface area contributed by atoms with Crippen LogP contribution in [0.2, 0.25) is 0 Å². The predicted molar refractivity (Wildman–Crippen MR) is 94.6 cm³/mol. The van der Waals surface area contributed by atoms with Crippen molar-refractivity contribution in [1.29, 1.82) is 0 Å². The molecule has 2 amide bonds. The molecule has 23 heavy (non-hydrogen) atoms. The molecule has 1 saturated heterocycles. The third kappa shape index (κ3) is 2.78. The van der Waals surface area contributed by atoms with Crippen LogP contribution in [0.5, 0.6) is 0 Å². The molecular formula is C18H14N2O2S. The first kappa shape index (κ1) is 15.1. The second kappa shape index (κ2) is 6.14. The van der Waals surface area contributed by atoms with E-state index in [9.17, 15) is 9.59 Å². The number of nitrogens with zero attached hydrogens (tertiary/aromatic N) is 1. The maximum atomic E-state index is 12.5. The highest BCUT2D eigenvalue weighted by Gasteiger charge is 2.32. The predicted octanol–water partition coefficient (Wildman–Crippen LogP) is 2.65. The van der Waals surface area contributed by atoms with E-state index in [4.69, 9.17) is 12.2 Å². The Morgan fingerprint density at radius 1 is 1.13 bits per heavy atom. The molecule has 1 fully saturated rings. The minimum atomic E-state index is -0.478. The van der Waals surface area contributed by atoms with Gasteiger partial charge in [0.25, 0.3) is 11.8 Å². The van der Waals surface area contributed by atoms with Gasteiger partial charge in [-0.3, -0.25) is 19.8 Å². The number of rotatable bonds is 3. The van der Waals surface area contributed by atoms with Gasteiger partial charge in [-0.15, -0.1) is 6.58 Å². The van der Waals surface area contributed by atoms with Crippen molar-refractivity contribution < 1.29 is 9.59 Å². The van der Waals surface area contributed by atoms with Crippen LogP contribution in [0.3, 0.4) is 0 Å². The Morgan fingerprint density at radius 3 is 2.65 bits per heavy atom. The zero-order valence-corrected chi connectivity index (χ0v) is 13.1. The lowest BCUT2D eigenvalue weighted by Gasteiger charge is -2.27. The number of thiocarbonyl (C=S) groups is 1. The Hall–Kier alpha value is -2.79. The van der Waals surface area contributed by atoms with Crippen molar-refractivity contribution in [3.8, 4) is 0 Å². The van der Waals surface area contributed by atoms with Crippen molar-refractivity contribution in [1.82, 2.24) is 10.2 Å². The van der Waals surface area contributed by atoms with E-state index in [0.717, 1.165) is 16.3 Å². The molecule has 0 atom stereocenters. The molecule has 0 spiro atoms. The van der Waals surface area contributed by atoms with Gasteiger partial charge in [0.2, 0.25) is 0 Å². The van der Waals surface area contributed by atoms with E-state index >= 15 is 0 Å². The van der Waals surface area contributed by atoms with Crippen molar-refractivity contribution in [3.05, 3.63) is 66.3 Å². The van der Waals surface area contributed by atoms with E-state index in [1.807, 2.05) is 42.5 Å². The van der Waals surface area contributed by atoms with Crippen LogP contribution in [0.1, 0.15) is 5.56 Å². The normalized spacial score (nSPS) is 16.8. The van der Waals surface area contributed by atoms with E-state index in [0.29, 0.717) is 0 Å². The first-order valence-corrected chi connectivity index (χ1v) is 7.50. The van der Waals surface area contributed by atoms with Crippen molar-refractivity contribution in [3.63, 3.8) is 0 Å². The van der Waals surface area contributed by atoms with Crippen molar-refractivity contribution in [2.45, 2.75) is 0 Å². The van der Waals surface area contributed by atoms with E-state index in [1.54, 1.807) is 12.2 Å². The van der Waals surface area contributed by atoms with Crippen molar-refractivity contribution in [2.24, 2.45) is 0 Å². The summed E-state index contributed by atoms with van der Waals surface area (Å²) in [5.74, 6) is -0.889. The van der Waals surface area contributed by atoms with Crippen LogP contribution in [0.25, 0.3) is 16.8 Å². The van der Waals surface area contributed by atoms with Crippen LogP contribution >= 0.6 is 12.2 Å². The third-order valence-corrected chi connectivity index (χ3v) is 3.94. The molecule has 4 nitrogen and oxygen atoms in total. The Bertz CT molecular complexity index is 865. The summed E-state index contributed by atoms with van der Waals surface area (Å²) in [5.41, 5.74) is 0.879. The van der Waals surface area contributed by atoms with Gasteiger partial charge < -0.3 is 0 Å². The van der Waals surface area contributed by atoms with E-state index in [1.165, 1.54) is 4.90 Å². The molecule has 3 rings (SSSR count). The molecule has 0 unspecified atom stereocenters. The first-order chi connectivity index (χ1) is 11.1. The summed E-state index contributed by atoms with van der Waals surface area (Å²) in [4.78, 5) is 26.0. The lowest BCUT2D eigenvalue weighted by Crippen LogP contribution is -2.53. The molecule has 0 radical (unpaired) electrons. The molecule has 1 heterocycles. The highest BCUT2D eigenvalue weighted by molar-refractivity contribution is 7.80. The number of hydrogen-bond acceptors (Lipinski definition) is 3. The second-order valence-corrected chi connectivity index (χ2v) is 5.48. The summed E-state index contributed by atoms with van der Waals surface area (Å²) in [6, 6.07) is 13.6. The minimum Gasteiger partial charge on any atom is -0.298 e. The molecule has 1 N–H and O–H groups in total. The number of carbonyl (C=O) groups excluding carboxylic acids is 2. The minimum absolute atomic E-state index is 0.0665. The van der Waals surface area contributed by atoms with Crippen LogP contribution in [0.15, 0.2) is 60.7 Å². The Kier molecular flexibility index (Phi) is 4.04. The number of benzene rings is 2. The van der Waals surface area contributed by atoms with Crippen LogP contribution in [0, 0.1) is 0 Å². The summed E-state index contributed by atoms with van der Waals surface area (Å²) in [6.07, 6.45) is 3.18. The number of nitrogens with one attached hydrogen (secondary N) is 1. The molecule has 2 aromatic rings. The Balaban J connectivity index is 2.09. The topological polar surface area (TPSA) is 49.4 Å². The quantitative estimate of drug-likeness (QED) is 0.409. The number of hydrogen-bond donors (Lipinski definition) is 1. The summed E-state index contributed by atoms with van der Waals surface area (Å²) < 4.78 is 0. The number of amides is 2. The third-order valence-electron chi connectivity index (χ3n) is 3.62. The molecule has 0 aromatic heterocycles. The Morgan fingerprint density at radius 2 is 1.87 bits per heavy atom. The monoisotopic (exact) mass is 322 g/mol. The smallest absolute Gasteiger partial charge is 0.265 e. The van der Waals surface area contributed by atoms with E-state index in [2.05, 4.69) is 11.9 Å². The standard InChI is InChI=1S/C18H14N2O2S/c1-2-10-20-17(22)15(16(21)19-18(20)23)11-13-8-5-7-12-6-3-4-9-14(12)13/h2-9,11H,1,10H2,(H,19,21,23)/b15-11-. The average Bonchev–Trinajstić information content (AvgIpc) is 2.55. The SMILES string of the molecule is C=CCN1C(=O)/C(=C\c2cccc3ccccc23)C(=O)NC1=S. The van der Waals surface area contributed by atoms with Gasteiger partial charge in [-0.1, -0.05) is 48.5 Å². The van der Waals surface area contributed by atoms with Crippen molar-refractivity contribution in [2.75, 3.05) is 6.54 Å². The molecule has 5 heteroatoms. The summed E-state index contributed by atoms with van der Waals surface area (Å²) in [7, 11) is 0. The second-order valence-electron chi connectivity index (χ2n) is 5.09. The maximum absolute atomic E-state index is 12.5. The highest BCUT2D eigenvalue weighted by atomic mass is 32.1. The van der Waals surface area contributed by atoms with Gasteiger partial charge in [-0.05, 0) is 34.6 Å². The van der Waals surface area contributed by atoms with Gasteiger partial charge in [0.05, 0.1) is 0 Å². The average molecular weight is 322 g/mol. The lowest BCUT2D eigenvalue weighted by molar-refractivity contribution is -0.128. The summed E-state index contributed by atoms with van der Waals surface area (Å²) in [5, 5.41) is 4.67. The number of carbonyl (C=O) groups is 2. The number of fused-ring (bicyclic) bond motifs is 1.